The van der Waals surface area contributed by atoms with Crippen LogP contribution in [0.1, 0.15) is 37.0 Å². The molecule has 1 amide bonds. The Morgan fingerprint density at radius 1 is 1.39 bits per heavy atom. The van der Waals surface area contributed by atoms with Crippen LogP contribution < -0.4 is 4.74 Å². The van der Waals surface area contributed by atoms with Gasteiger partial charge < -0.3 is 4.74 Å². The maximum Gasteiger partial charge on any atom is 0.277 e. The van der Waals surface area contributed by atoms with Crippen molar-refractivity contribution in [1.29, 1.82) is 0 Å². The summed E-state index contributed by atoms with van der Waals surface area (Å²) in [6.45, 7) is 5.20. The molecule has 0 N–H and O–H groups in total. The first-order chi connectivity index (χ1) is 8.66. The van der Waals surface area contributed by atoms with Crippen molar-refractivity contribution in [3.8, 4) is 5.75 Å². The summed E-state index contributed by atoms with van der Waals surface area (Å²) in [7, 11) is 0. The number of nitrogens with zero attached hydrogens (tertiary/aromatic N) is 1. The lowest BCUT2D eigenvalue weighted by Crippen LogP contribution is -2.35. The molecule has 0 aromatic heterocycles. The van der Waals surface area contributed by atoms with Gasteiger partial charge in [0, 0.05) is 12.1 Å². The number of ether oxygens (including phenoxy) is 1. The third-order valence-corrected chi connectivity index (χ3v) is 2.68. The maximum absolute atomic E-state index is 12.2. The third-order valence-electron chi connectivity index (χ3n) is 2.68. The molecule has 2 rings (SSSR count). The first kappa shape index (κ1) is 12.9. The van der Waals surface area contributed by atoms with Crippen LogP contribution in [0.4, 0.5) is 0 Å². The Hall–Kier alpha value is -1.55. The van der Waals surface area contributed by atoms with Crippen LogP contribution in [0.5, 0.6) is 5.75 Å². The van der Waals surface area contributed by atoms with Crippen LogP contribution in [0.15, 0.2) is 24.3 Å². The minimum absolute atomic E-state index is 0.0936. The predicted molar refractivity (Wildman–Crippen MR) is 68.4 cm³/mol. The van der Waals surface area contributed by atoms with Crippen molar-refractivity contribution in [2.24, 2.45) is 0 Å². The molecule has 1 aliphatic rings. The van der Waals surface area contributed by atoms with Crippen molar-refractivity contribution in [3.63, 3.8) is 0 Å². The Morgan fingerprint density at radius 2 is 2.22 bits per heavy atom. The van der Waals surface area contributed by atoms with Crippen molar-refractivity contribution in [1.82, 2.24) is 5.06 Å². The summed E-state index contributed by atoms with van der Waals surface area (Å²) in [4.78, 5) is 17.5. The molecule has 1 aromatic rings. The second kappa shape index (κ2) is 5.87. The van der Waals surface area contributed by atoms with Crippen molar-refractivity contribution in [3.05, 3.63) is 29.8 Å². The van der Waals surface area contributed by atoms with E-state index in [0.29, 0.717) is 24.5 Å². The van der Waals surface area contributed by atoms with Gasteiger partial charge in [0.2, 0.25) is 0 Å². The fourth-order valence-corrected chi connectivity index (χ4v) is 1.88. The number of hydrogen-bond acceptors (Lipinski definition) is 3. The van der Waals surface area contributed by atoms with Crippen LogP contribution in [0.2, 0.25) is 0 Å². The summed E-state index contributed by atoms with van der Waals surface area (Å²) in [5.41, 5.74) is 0.607. The zero-order valence-corrected chi connectivity index (χ0v) is 10.9. The second-order valence-electron chi connectivity index (χ2n) is 4.64. The summed E-state index contributed by atoms with van der Waals surface area (Å²) < 4.78 is 5.58. The molecule has 1 aromatic carbocycles. The van der Waals surface area contributed by atoms with E-state index >= 15 is 0 Å². The topological polar surface area (TPSA) is 38.8 Å². The number of rotatable bonds is 3. The molecule has 18 heavy (non-hydrogen) atoms. The van der Waals surface area contributed by atoms with Gasteiger partial charge in [-0.2, -0.15) is 0 Å². The summed E-state index contributed by atoms with van der Waals surface area (Å²) in [5, 5.41) is 1.44. The van der Waals surface area contributed by atoms with Crippen molar-refractivity contribution in [2.45, 2.75) is 32.8 Å². The molecule has 0 unspecified atom stereocenters. The number of amides is 1. The predicted octanol–water partition coefficient (Wildman–Crippen LogP) is 2.64. The maximum atomic E-state index is 12.2. The van der Waals surface area contributed by atoms with Crippen LogP contribution in [0.25, 0.3) is 0 Å². The molecule has 0 aliphatic carbocycles. The monoisotopic (exact) mass is 249 g/mol. The minimum Gasteiger partial charge on any atom is -0.491 e. The van der Waals surface area contributed by atoms with E-state index in [1.807, 2.05) is 26.0 Å². The normalized spacial score (nSPS) is 15.8. The highest BCUT2D eigenvalue weighted by Crippen LogP contribution is 2.18. The molecule has 0 radical (unpaired) electrons. The fraction of sp³-hybridized carbons (Fsp3) is 0.500. The molecular formula is C14H19NO3. The van der Waals surface area contributed by atoms with Gasteiger partial charge in [0.15, 0.2) is 0 Å². The standard InChI is InChI=1S/C14H19NO3/c1-11(2)18-13-7-5-6-12(10-13)14(16)15-8-3-4-9-17-15/h5-7,10-11H,3-4,8-9H2,1-2H3. The summed E-state index contributed by atoms with van der Waals surface area (Å²) in [6, 6.07) is 7.23. The van der Waals surface area contributed by atoms with Gasteiger partial charge in [-0.1, -0.05) is 6.07 Å². The van der Waals surface area contributed by atoms with Crippen molar-refractivity contribution >= 4 is 5.91 Å². The second-order valence-corrected chi connectivity index (χ2v) is 4.64. The quantitative estimate of drug-likeness (QED) is 0.826. The summed E-state index contributed by atoms with van der Waals surface area (Å²) in [6.07, 6.45) is 2.11. The highest BCUT2D eigenvalue weighted by Gasteiger charge is 2.19. The molecule has 0 spiro atoms. The molecule has 1 aliphatic heterocycles. The van der Waals surface area contributed by atoms with Gasteiger partial charge in [-0.15, -0.1) is 0 Å². The van der Waals surface area contributed by atoms with Gasteiger partial charge in [0.25, 0.3) is 5.91 Å². The van der Waals surface area contributed by atoms with E-state index < -0.39 is 0 Å². The first-order valence-corrected chi connectivity index (χ1v) is 6.38. The van der Waals surface area contributed by atoms with Gasteiger partial charge in [-0.05, 0) is 44.9 Å². The molecule has 0 saturated carbocycles. The zero-order valence-electron chi connectivity index (χ0n) is 10.9. The van der Waals surface area contributed by atoms with Crippen LogP contribution in [0.3, 0.4) is 0 Å². The highest BCUT2D eigenvalue weighted by atomic mass is 16.7. The van der Waals surface area contributed by atoms with Crippen molar-refractivity contribution < 1.29 is 14.4 Å². The molecule has 4 nitrogen and oxygen atoms in total. The minimum atomic E-state index is -0.0936. The number of carbonyl (C=O) groups excluding carboxylic acids is 1. The van der Waals surface area contributed by atoms with E-state index in [4.69, 9.17) is 9.57 Å². The number of hydroxylamine groups is 2. The van der Waals surface area contributed by atoms with Gasteiger partial charge in [0.05, 0.1) is 12.7 Å². The van der Waals surface area contributed by atoms with Crippen molar-refractivity contribution in [2.75, 3.05) is 13.2 Å². The Bertz CT molecular complexity index is 411. The van der Waals surface area contributed by atoms with E-state index in [1.165, 1.54) is 5.06 Å². The van der Waals surface area contributed by atoms with Crippen LogP contribution in [-0.4, -0.2) is 30.2 Å². The largest absolute Gasteiger partial charge is 0.491 e. The SMILES string of the molecule is CC(C)Oc1cccc(C(=O)N2CCCCO2)c1. The lowest BCUT2D eigenvalue weighted by molar-refractivity contribution is -0.144. The van der Waals surface area contributed by atoms with Crippen LogP contribution in [-0.2, 0) is 4.84 Å². The summed E-state index contributed by atoms with van der Waals surface area (Å²) >= 11 is 0. The lowest BCUT2D eigenvalue weighted by Gasteiger charge is -2.26. The smallest absolute Gasteiger partial charge is 0.277 e. The first-order valence-electron chi connectivity index (χ1n) is 6.38. The fourth-order valence-electron chi connectivity index (χ4n) is 1.88. The Balaban J connectivity index is 2.09. The van der Waals surface area contributed by atoms with E-state index in [1.54, 1.807) is 12.1 Å². The molecule has 1 saturated heterocycles. The Kier molecular flexibility index (Phi) is 4.20. The number of benzene rings is 1. The Morgan fingerprint density at radius 3 is 2.89 bits per heavy atom. The molecule has 1 heterocycles. The van der Waals surface area contributed by atoms with Gasteiger partial charge >= 0.3 is 0 Å². The number of carbonyl (C=O) groups is 1. The molecule has 4 heteroatoms. The Labute approximate surface area is 107 Å². The van der Waals surface area contributed by atoms with Gasteiger partial charge in [-0.25, -0.2) is 5.06 Å². The third kappa shape index (κ3) is 3.23. The van der Waals surface area contributed by atoms with Crippen LogP contribution >= 0.6 is 0 Å². The average molecular weight is 249 g/mol. The van der Waals surface area contributed by atoms with Gasteiger partial charge in [0.1, 0.15) is 5.75 Å². The lowest BCUT2D eigenvalue weighted by atomic mass is 10.2. The molecule has 98 valence electrons. The van der Waals surface area contributed by atoms with E-state index in [9.17, 15) is 4.79 Å². The van der Waals surface area contributed by atoms with E-state index in [0.717, 1.165) is 12.8 Å². The molecule has 0 atom stereocenters. The molecular weight excluding hydrogens is 230 g/mol. The van der Waals surface area contributed by atoms with E-state index in [-0.39, 0.29) is 12.0 Å². The molecule has 0 bridgehead atoms. The number of hydrogen-bond donors (Lipinski definition) is 0. The molecule has 1 fully saturated rings. The average Bonchev–Trinajstić information content (AvgIpc) is 2.38. The van der Waals surface area contributed by atoms with E-state index in [2.05, 4.69) is 0 Å². The highest BCUT2D eigenvalue weighted by molar-refractivity contribution is 5.93. The zero-order chi connectivity index (χ0) is 13.0. The van der Waals surface area contributed by atoms with Crippen LogP contribution in [0, 0.1) is 0 Å². The van der Waals surface area contributed by atoms with Gasteiger partial charge in [-0.3, -0.25) is 9.63 Å². The summed E-state index contributed by atoms with van der Waals surface area (Å²) in [5.74, 6) is 0.622.